The number of amides is 1. The van der Waals surface area contributed by atoms with Crippen LogP contribution in [0, 0.1) is 13.8 Å². The number of thioether (sulfide) groups is 1. The fourth-order valence-electron chi connectivity index (χ4n) is 1.57. The Balaban J connectivity index is 1.97. The van der Waals surface area contributed by atoms with Gasteiger partial charge in [0.2, 0.25) is 5.91 Å². The predicted octanol–water partition coefficient (Wildman–Crippen LogP) is 0.423. The number of rotatable bonds is 4. The largest absolute Gasteiger partial charge is 0.383 e. The van der Waals surface area contributed by atoms with E-state index in [9.17, 15) is 9.59 Å². The minimum atomic E-state index is -0.345. The Kier molecular flexibility index (Phi) is 4.08. The van der Waals surface area contributed by atoms with E-state index in [-0.39, 0.29) is 23.0 Å². The van der Waals surface area contributed by atoms with Gasteiger partial charge >= 0.3 is 0 Å². The van der Waals surface area contributed by atoms with Crippen molar-refractivity contribution >= 4 is 29.2 Å². The lowest BCUT2D eigenvalue weighted by atomic mass is 10.3. The molecular weight excluding hydrogens is 280 g/mol. The van der Waals surface area contributed by atoms with Gasteiger partial charge in [-0.1, -0.05) is 11.8 Å². The molecule has 0 aromatic carbocycles. The minimum Gasteiger partial charge on any atom is -0.383 e. The second-order valence-electron chi connectivity index (χ2n) is 4.12. The summed E-state index contributed by atoms with van der Waals surface area (Å²) >= 11 is 1.10. The van der Waals surface area contributed by atoms with Crippen LogP contribution in [-0.4, -0.2) is 31.8 Å². The van der Waals surface area contributed by atoms with Crippen LogP contribution in [0.4, 0.5) is 11.5 Å². The molecule has 0 aliphatic carbocycles. The highest BCUT2D eigenvalue weighted by Crippen LogP contribution is 2.17. The van der Waals surface area contributed by atoms with Gasteiger partial charge in [0.25, 0.3) is 5.56 Å². The third kappa shape index (κ3) is 3.38. The van der Waals surface area contributed by atoms with E-state index >= 15 is 0 Å². The van der Waals surface area contributed by atoms with Crippen molar-refractivity contribution in [3.63, 3.8) is 0 Å². The monoisotopic (exact) mass is 294 g/mol. The summed E-state index contributed by atoms with van der Waals surface area (Å²) in [4.78, 5) is 29.5. The third-order valence-electron chi connectivity index (χ3n) is 2.47. The maximum Gasteiger partial charge on any atom is 0.253 e. The number of carbonyl (C=O) groups excluding carboxylic acids is 1. The van der Waals surface area contributed by atoms with Crippen LogP contribution in [0.1, 0.15) is 11.4 Å². The zero-order chi connectivity index (χ0) is 14.7. The number of anilines is 2. The highest BCUT2D eigenvalue weighted by molar-refractivity contribution is 7.99. The Labute approximate surface area is 118 Å². The molecule has 0 aliphatic rings. The molecule has 0 spiro atoms. The average Bonchev–Trinajstić information content (AvgIpc) is 2.67. The lowest BCUT2D eigenvalue weighted by Gasteiger charge is -2.05. The summed E-state index contributed by atoms with van der Waals surface area (Å²) in [6.07, 6.45) is 0. The van der Waals surface area contributed by atoms with Crippen molar-refractivity contribution in [2.24, 2.45) is 0 Å². The van der Waals surface area contributed by atoms with Gasteiger partial charge in [0, 0.05) is 6.07 Å². The number of aryl methyl sites for hydroxylation is 2. The molecule has 0 fully saturated rings. The molecule has 0 radical (unpaired) electrons. The Morgan fingerprint density at radius 1 is 1.50 bits per heavy atom. The summed E-state index contributed by atoms with van der Waals surface area (Å²) in [6.45, 7) is 3.61. The molecule has 20 heavy (non-hydrogen) atoms. The topological polar surface area (TPSA) is 130 Å². The normalized spacial score (nSPS) is 10.5. The van der Waals surface area contributed by atoms with Gasteiger partial charge in [-0.2, -0.15) is 5.10 Å². The van der Waals surface area contributed by atoms with E-state index in [1.54, 1.807) is 6.92 Å². The van der Waals surface area contributed by atoms with Gasteiger partial charge in [0.05, 0.1) is 22.8 Å². The van der Waals surface area contributed by atoms with Gasteiger partial charge in [-0.05, 0) is 13.8 Å². The van der Waals surface area contributed by atoms with Gasteiger partial charge in [-0.25, -0.2) is 4.98 Å². The highest BCUT2D eigenvalue weighted by Gasteiger charge is 2.11. The molecule has 0 aliphatic heterocycles. The minimum absolute atomic E-state index is 0.108. The summed E-state index contributed by atoms with van der Waals surface area (Å²) in [5.41, 5.74) is 7.29. The first-order valence-corrected chi connectivity index (χ1v) is 6.75. The van der Waals surface area contributed by atoms with Crippen LogP contribution in [0.2, 0.25) is 0 Å². The fraction of sp³-hybridized carbons (Fsp3) is 0.273. The molecule has 0 saturated carbocycles. The molecule has 8 nitrogen and oxygen atoms in total. The van der Waals surface area contributed by atoms with Crippen LogP contribution in [0.15, 0.2) is 16.0 Å². The first kappa shape index (κ1) is 14.1. The Bertz CT molecular complexity index is 673. The van der Waals surface area contributed by atoms with E-state index in [1.165, 1.54) is 6.07 Å². The van der Waals surface area contributed by atoms with Crippen molar-refractivity contribution in [3.05, 3.63) is 27.8 Å². The maximum absolute atomic E-state index is 11.8. The van der Waals surface area contributed by atoms with Gasteiger partial charge in [-0.3, -0.25) is 14.7 Å². The summed E-state index contributed by atoms with van der Waals surface area (Å²) < 4.78 is 0. The molecule has 0 unspecified atom stereocenters. The lowest BCUT2D eigenvalue weighted by Crippen LogP contribution is -2.16. The van der Waals surface area contributed by atoms with E-state index < -0.39 is 0 Å². The summed E-state index contributed by atoms with van der Waals surface area (Å²) in [6, 6.07) is 1.18. The summed E-state index contributed by atoms with van der Waals surface area (Å²) in [7, 11) is 0. The van der Waals surface area contributed by atoms with E-state index in [4.69, 9.17) is 5.73 Å². The zero-order valence-electron chi connectivity index (χ0n) is 11.0. The Morgan fingerprint density at radius 3 is 2.85 bits per heavy atom. The molecule has 2 aromatic rings. The average molecular weight is 294 g/mol. The number of nitrogen functional groups attached to an aromatic ring is 1. The fourth-order valence-corrected chi connectivity index (χ4v) is 2.25. The molecule has 2 heterocycles. The molecule has 0 bridgehead atoms. The number of H-pyrrole nitrogens is 2. The second-order valence-corrected chi connectivity index (χ2v) is 5.09. The predicted molar refractivity (Wildman–Crippen MR) is 76.7 cm³/mol. The van der Waals surface area contributed by atoms with Crippen molar-refractivity contribution < 1.29 is 4.79 Å². The van der Waals surface area contributed by atoms with Crippen LogP contribution in [0.3, 0.4) is 0 Å². The maximum atomic E-state index is 11.8. The van der Waals surface area contributed by atoms with E-state index in [1.807, 2.05) is 6.92 Å². The van der Waals surface area contributed by atoms with Crippen molar-refractivity contribution in [3.8, 4) is 0 Å². The number of aromatic amines is 2. The van der Waals surface area contributed by atoms with Gasteiger partial charge < -0.3 is 16.0 Å². The lowest BCUT2D eigenvalue weighted by molar-refractivity contribution is -0.113. The number of nitrogens with two attached hydrogens (primary N) is 1. The molecule has 1 amide bonds. The third-order valence-corrected chi connectivity index (χ3v) is 3.35. The molecule has 2 aromatic heterocycles. The van der Waals surface area contributed by atoms with Crippen LogP contribution < -0.4 is 16.6 Å². The van der Waals surface area contributed by atoms with E-state index in [0.29, 0.717) is 10.8 Å². The molecule has 0 atom stereocenters. The van der Waals surface area contributed by atoms with Gasteiger partial charge in [0.1, 0.15) is 5.82 Å². The van der Waals surface area contributed by atoms with Crippen LogP contribution in [0.25, 0.3) is 0 Å². The van der Waals surface area contributed by atoms with E-state index in [0.717, 1.165) is 23.1 Å². The molecule has 2 rings (SSSR count). The molecule has 106 valence electrons. The summed E-state index contributed by atoms with van der Waals surface area (Å²) in [5.74, 6) is 0.0158. The first-order valence-electron chi connectivity index (χ1n) is 5.77. The smallest absolute Gasteiger partial charge is 0.253 e. The number of carbonyl (C=O) groups is 1. The number of nitrogens with zero attached hydrogens (tertiary/aromatic N) is 2. The summed E-state index contributed by atoms with van der Waals surface area (Å²) in [5, 5.41) is 9.84. The number of nitrogens with one attached hydrogen (secondary N) is 3. The van der Waals surface area contributed by atoms with Crippen LogP contribution in [0.5, 0.6) is 0 Å². The van der Waals surface area contributed by atoms with Crippen molar-refractivity contribution in [2.75, 3.05) is 16.8 Å². The highest BCUT2D eigenvalue weighted by atomic mass is 32.2. The second kappa shape index (κ2) is 5.78. The number of aromatic nitrogens is 4. The number of hydrogen-bond acceptors (Lipinski definition) is 6. The van der Waals surface area contributed by atoms with Gasteiger partial charge in [0.15, 0.2) is 5.16 Å². The molecule has 9 heteroatoms. The molecular formula is C11H14N6O2S. The Morgan fingerprint density at radius 2 is 2.25 bits per heavy atom. The number of hydrogen-bond donors (Lipinski definition) is 4. The first-order chi connectivity index (χ1) is 9.45. The van der Waals surface area contributed by atoms with Crippen LogP contribution >= 0.6 is 11.8 Å². The Hall–Kier alpha value is -2.29. The van der Waals surface area contributed by atoms with Crippen LogP contribution in [-0.2, 0) is 4.79 Å². The molecule has 0 saturated heterocycles. The quantitative estimate of drug-likeness (QED) is 0.478. The van der Waals surface area contributed by atoms with Crippen molar-refractivity contribution in [1.29, 1.82) is 0 Å². The molecule has 5 N–H and O–H groups in total. The SMILES string of the molecule is Cc1n[nH]c(C)c1NC(=O)CSc1nc(N)cc(=O)[nH]1. The van der Waals surface area contributed by atoms with E-state index in [2.05, 4.69) is 25.5 Å². The zero-order valence-corrected chi connectivity index (χ0v) is 11.8. The van der Waals surface area contributed by atoms with Crippen molar-refractivity contribution in [2.45, 2.75) is 19.0 Å². The van der Waals surface area contributed by atoms with Crippen molar-refractivity contribution in [1.82, 2.24) is 20.2 Å². The standard InChI is InChI=1S/C11H14N6O2S/c1-5-10(6(2)17-16-5)14-9(19)4-20-11-13-7(12)3-8(18)15-11/h3H,4H2,1-2H3,(H,14,19)(H,16,17)(H3,12,13,15,18). The van der Waals surface area contributed by atoms with Gasteiger partial charge in [-0.15, -0.1) is 0 Å².